The maximum Gasteiger partial charge on any atom is 0.213 e. The van der Waals surface area contributed by atoms with E-state index in [0.717, 1.165) is 42.3 Å². The second-order valence-corrected chi connectivity index (χ2v) is 6.20. The van der Waals surface area contributed by atoms with Crippen molar-refractivity contribution in [2.75, 3.05) is 13.2 Å². The van der Waals surface area contributed by atoms with E-state index in [1.54, 1.807) is 6.20 Å². The fraction of sp³-hybridized carbons (Fsp3) is 0.389. The lowest BCUT2D eigenvalue weighted by Crippen LogP contribution is -2.17. The Morgan fingerprint density at radius 2 is 2.09 bits per heavy atom. The van der Waals surface area contributed by atoms with E-state index in [4.69, 9.17) is 21.1 Å². The van der Waals surface area contributed by atoms with Crippen molar-refractivity contribution in [2.45, 2.75) is 32.5 Å². The number of hydrogen-bond acceptors (Lipinski definition) is 4. The Morgan fingerprint density at radius 3 is 2.83 bits per heavy atom. The van der Waals surface area contributed by atoms with Gasteiger partial charge < -0.3 is 14.8 Å². The van der Waals surface area contributed by atoms with Crippen LogP contribution in [0.1, 0.15) is 23.1 Å². The number of aryl methyl sites for hydroxylation is 1. The van der Waals surface area contributed by atoms with Gasteiger partial charge in [-0.3, -0.25) is 0 Å². The van der Waals surface area contributed by atoms with Crippen LogP contribution < -0.4 is 10.1 Å². The summed E-state index contributed by atoms with van der Waals surface area (Å²) < 4.78 is 11.1. The zero-order valence-electron chi connectivity index (χ0n) is 13.2. The van der Waals surface area contributed by atoms with Crippen LogP contribution in [-0.2, 0) is 17.8 Å². The van der Waals surface area contributed by atoms with E-state index in [0.29, 0.717) is 12.5 Å². The second kappa shape index (κ2) is 7.77. The highest BCUT2D eigenvalue weighted by atomic mass is 35.5. The molecule has 3 rings (SSSR count). The summed E-state index contributed by atoms with van der Waals surface area (Å²) in [5.41, 5.74) is 3.42. The highest BCUT2D eigenvalue weighted by Gasteiger charge is 2.17. The highest BCUT2D eigenvalue weighted by Crippen LogP contribution is 2.17. The van der Waals surface area contributed by atoms with Gasteiger partial charge in [0.15, 0.2) is 0 Å². The van der Waals surface area contributed by atoms with Crippen molar-refractivity contribution >= 4 is 11.6 Å². The van der Waals surface area contributed by atoms with Gasteiger partial charge in [0.1, 0.15) is 6.10 Å². The number of pyridine rings is 1. The molecule has 0 radical (unpaired) electrons. The summed E-state index contributed by atoms with van der Waals surface area (Å²) in [5.74, 6) is 0.665. The van der Waals surface area contributed by atoms with Crippen molar-refractivity contribution in [2.24, 2.45) is 0 Å². The molecule has 122 valence electrons. The molecule has 23 heavy (non-hydrogen) atoms. The summed E-state index contributed by atoms with van der Waals surface area (Å²) in [7, 11) is 0. The summed E-state index contributed by atoms with van der Waals surface area (Å²) in [6.45, 7) is 4.96. The molecule has 4 nitrogen and oxygen atoms in total. The first kappa shape index (κ1) is 16.2. The van der Waals surface area contributed by atoms with Crippen molar-refractivity contribution in [3.05, 3.63) is 58.2 Å². The average molecular weight is 333 g/mol. The lowest BCUT2D eigenvalue weighted by Gasteiger charge is -2.12. The largest absolute Gasteiger partial charge is 0.472 e. The predicted octanol–water partition coefficient (Wildman–Crippen LogP) is 3.50. The first-order valence-corrected chi connectivity index (χ1v) is 8.23. The van der Waals surface area contributed by atoms with Crippen LogP contribution in [0.5, 0.6) is 5.88 Å². The summed E-state index contributed by atoms with van der Waals surface area (Å²) >= 11 is 6.15. The molecule has 1 saturated heterocycles. The molecule has 2 aromatic rings. The Labute approximate surface area is 141 Å². The minimum Gasteiger partial charge on any atom is -0.472 e. The SMILES string of the molecule is Cc1ccc(CNCc2ccnc(OC3CCOC3)c2)cc1Cl. The van der Waals surface area contributed by atoms with Crippen LogP contribution in [-0.4, -0.2) is 24.3 Å². The minimum atomic E-state index is 0.125. The standard InChI is InChI=1S/C18H21ClN2O2/c1-13-2-3-14(8-17(13)19)10-20-11-15-4-6-21-18(9-15)23-16-5-7-22-12-16/h2-4,6,8-9,16,20H,5,7,10-12H2,1H3. The molecule has 0 bridgehead atoms. The quantitative estimate of drug-likeness (QED) is 0.879. The van der Waals surface area contributed by atoms with Crippen molar-refractivity contribution in [3.63, 3.8) is 0 Å². The molecule has 5 heteroatoms. The molecule has 0 spiro atoms. The zero-order chi connectivity index (χ0) is 16.1. The van der Waals surface area contributed by atoms with Crippen molar-refractivity contribution in [1.29, 1.82) is 0 Å². The van der Waals surface area contributed by atoms with E-state index in [2.05, 4.69) is 16.4 Å². The van der Waals surface area contributed by atoms with Gasteiger partial charge in [-0.2, -0.15) is 0 Å². The number of ether oxygens (including phenoxy) is 2. The molecular weight excluding hydrogens is 312 g/mol. The van der Waals surface area contributed by atoms with Gasteiger partial charge in [-0.25, -0.2) is 4.98 Å². The summed E-state index contributed by atoms with van der Waals surface area (Å²) in [6.07, 6.45) is 2.84. The molecule has 0 aliphatic carbocycles. The molecule has 1 aromatic carbocycles. The first-order valence-electron chi connectivity index (χ1n) is 7.86. The Morgan fingerprint density at radius 1 is 1.26 bits per heavy atom. The van der Waals surface area contributed by atoms with Crippen LogP contribution >= 0.6 is 11.6 Å². The van der Waals surface area contributed by atoms with E-state index in [1.807, 2.05) is 31.2 Å². The second-order valence-electron chi connectivity index (χ2n) is 5.79. The maximum atomic E-state index is 6.15. The van der Waals surface area contributed by atoms with Crippen LogP contribution in [0.3, 0.4) is 0 Å². The zero-order valence-corrected chi connectivity index (χ0v) is 14.0. The van der Waals surface area contributed by atoms with E-state index < -0.39 is 0 Å². The number of rotatable bonds is 6. The Hall–Kier alpha value is -1.62. The third kappa shape index (κ3) is 4.67. The maximum absolute atomic E-state index is 6.15. The Bertz CT molecular complexity index is 657. The van der Waals surface area contributed by atoms with Gasteiger partial charge in [0.25, 0.3) is 0 Å². The monoisotopic (exact) mass is 332 g/mol. The van der Waals surface area contributed by atoms with Crippen LogP contribution in [0, 0.1) is 6.92 Å². The predicted molar refractivity (Wildman–Crippen MR) is 90.8 cm³/mol. The van der Waals surface area contributed by atoms with Gasteiger partial charge >= 0.3 is 0 Å². The molecule has 1 fully saturated rings. The summed E-state index contributed by atoms with van der Waals surface area (Å²) in [5, 5.41) is 4.23. The van der Waals surface area contributed by atoms with Gasteiger partial charge in [0.2, 0.25) is 5.88 Å². The van der Waals surface area contributed by atoms with Gasteiger partial charge in [0, 0.05) is 36.8 Å². The van der Waals surface area contributed by atoms with Crippen LogP contribution in [0.15, 0.2) is 36.5 Å². The molecule has 1 atom stereocenters. The average Bonchev–Trinajstić information content (AvgIpc) is 3.04. The molecule has 1 aliphatic rings. The number of benzene rings is 1. The number of nitrogens with one attached hydrogen (secondary N) is 1. The third-order valence-electron chi connectivity index (χ3n) is 3.87. The van der Waals surface area contributed by atoms with Crippen LogP contribution in [0.25, 0.3) is 0 Å². The van der Waals surface area contributed by atoms with Gasteiger partial charge in [0.05, 0.1) is 13.2 Å². The molecular formula is C18H21ClN2O2. The van der Waals surface area contributed by atoms with E-state index in [-0.39, 0.29) is 6.10 Å². The Kier molecular flexibility index (Phi) is 5.49. The van der Waals surface area contributed by atoms with Crippen molar-refractivity contribution in [3.8, 4) is 5.88 Å². The van der Waals surface area contributed by atoms with E-state index >= 15 is 0 Å². The molecule has 1 aliphatic heterocycles. The minimum absolute atomic E-state index is 0.125. The molecule has 2 heterocycles. The lowest BCUT2D eigenvalue weighted by atomic mass is 10.1. The van der Waals surface area contributed by atoms with Crippen LogP contribution in [0.2, 0.25) is 5.02 Å². The Balaban J connectivity index is 1.52. The normalized spacial score (nSPS) is 17.4. The first-order chi connectivity index (χ1) is 11.2. The van der Waals surface area contributed by atoms with Crippen LogP contribution in [0.4, 0.5) is 0 Å². The lowest BCUT2D eigenvalue weighted by molar-refractivity contribution is 0.138. The fourth-order valence-electron chi connectivity index (χ4n) is 2.50. The smallest absolute Gasteiger partial charge is 0.213 e. The molecule has 0 saturated carbocycles. The third-order valence-corrected chi connectivity index (χ3v) is 4.28. The van der Waals surface area contributed by atoms with Gasteiger partial charge in [-0.15, -0.1) is 0 Å². The molecule has 0 amide bonds. The number of halogens is 1. The van der Waals surface area contributed by atoms with Gasteiger partial charge in [-0.05, 0) is 35.7 Å². The van der Waals surface area contributed by atoms with E-state index in [1.165, 1.54) is 5.56 Å². The highest BCUT2D eigenvalue weighted by molar-refractivity contribution is 6.31. The van der Waals surface area contributed by atoms with Gasteiger partial charge in [-0.1, -0.05) is 23.7 Å². The van der Waals surface area contributed by atoms with Crippen molar-refractivity contribution < 1.29 is 9.47 Å². The molecule has 1 N–H and O–H groups in total. The fourth-order valence-corrected chi connectivity index (χ4v) is 2.70. The number of nitrogens with zero attached hydrogens (tertiary/aromatic N) is 1. The topological polar surface area (TPSA) is 43.4 Å². The summed E-state index contributed by atoms with van der Waals surface area (Å²) in [4.78, 5) is 4.27. The van der Waals surface area contributed by atoms with E-state index in [9.17, 15) is 0 Å². The number of hydrogen-bond donors (Lipinski definition) is 1. The molecule has 1 aromatic heterocycles. The summed E-state index contributed by atoms with van der Waals surface area (Å²) in [6, 6.07) is 10.1. The number of aromatic nitrogens is 1. The molecule has 1 unspecified atom stereocenters. The van der Waals surface area contributed by atoms with Crippen molar-refractivity contribution in [1.82, 2.24) is 10.3 Å².